The van der Waals surface area contributed by atoms with E-state index in [1.54, 1.807) is 24.5 Å². The number of benzene rings is 1. The summed E-state index contributed by atoms with van der Waals surface area (Å²) in [4.78, 5) is 29.9. The molecule has 1 fully saturated rings. The van der Waals surface area contributed by atoms with Crippen molar-refractivity contribution in [1.82, 2.24) is 10.3 Å². The van der Waals surface area contributed by atoms with Crippen LogP contribution >= 0.6 is 0 Å². The Morgan fingerprint density at radius 2 is 1.90 bits per heavy atom. The number of hydrogen-bond donors (Lipinski definition) is 1. The molecule has 1 unspecified atom stereocenters. The lowest BCUT2D eigenvalue weighted by atomic mass is 10.0. The largest absolute Gasteiger partial charge is 0.345 e. The Labute approximate surface area is 116 Å². The quantitative estimate of drug-likeness (QED) is 0.891. The van der Waals surface area contributed by atoms with E-state index in [9.17, 15) is 9.59 Å². The Bertz CT molecular complexity index is 571. The molecule has 3 rings (SSSR count). The molecular weight excluding hydrogens is 254 g/mol. The van der Waals surface area contributed by atoms with Gasteiger partial charge in [-0.25, -0.2) is 0 Å². The fourth-order valence-corrected chi connectivity index (χ4v) is 2.33. The molecule has 2 amide bonds. The average Bonchev–Trinajstić information content (AvgIpc) is 2.51. The van der Waals surface area contributed by atoms with Crippen LogP contribution in [0.5, 0.6) is 0 Å². The van der Waals surface area contributed by atoms with Crippen molar-refractivity contribution in [1.29, 1.82) is 0 Å². The molecule has 5 nitrogen and oxygen atoms in total. The van der Waals surface area contributed by atoms with Gasteiger partial charge in [0.05, 0.1) is 18.4 Å². The highest BCUT2D eigenvalue weighted by atomic mass is 16.2. The van der Waals surface area contributed by atoms with Gasteiger partial charge in [-0.2, -0.15) is 0 Å². The molecule has 2 heterocycles. The summed E-state index contributed by atoms with van der Waals surface area (Å²) in [5.74, 6) is -0.328. The van der Waals surface area contributed by atoms with Crippen LogP contribution in [-0.4, -0.2) is 23.3 Å². The minimum Gasteiger partial charge on any atom is -0.345 e. The van der Waals surface area contributed by atoms with E-state index in [2.05, 4.69) is 10.3 Å². The number of nitrogens with one attached hydrogen (secondary N) is 1. The van der Waals surface area contributed by atoms with Crippen LogP contribution in [0.25, 0.3) is 0 Å². The molecule has 2 aromatic rings. The first-order valence-electron chi connectivity index (χ1n) is 6.32. The zero-order valence-corrected chi connectivity index (χ0v) is 10.7. The van der Waals surface area contributed by atoms with Crippen LogP contribution in [0.3, 0.4) is 0 Å². The predicted molar refractivity (Wildman–Crippen MR) is 73.9 cm³/mol. The van der Waals surface area contributed by atoms with Gasteiger partial charge in [0.1, 0.15) is 6.04 Å². The van der Waals surface area contributed by atoms with E-state index in [4.69, 9.17) is 0 Å². The van der Waals surface area contributed by atoms with Crippen LogP contribution in [0.1, 0.15) is 11.6 Å². The molecule has 1 aliphatic rings. The van der Waals surface area contributed by atoms with Crippen molar-refractivity contribution in [2.45, 2.75) is 6.04 Å². The topological polar surface area (TPSA) is 62.3 Å². The van der Waals surface area contributed by atoms with Crippen molar-refractivity contribution in [2.75, 3.05) is 11.4 Å². The zero-order chi connectivity index (χ0) is 13.9. The molecule has 0 radical (unpaired) electrons. The van der Waals surface area contributed by atoms with Crippen molar-refractivity contribution < 1.29 is 9.59 Å². The summed E-state index contributed by atoms with van der Waals surface area (Å²) in [5, 5.41) is 2.63. The summed E-state index contributed by atoms with van der Waals surface area (Å²) in [7, 11) is 0. The molecule has 0 aliphatic carbocycles. The molecule has 0 spiro atoms. The van der Waals surface area contributed by atoms with Crippen LogP contribution in [0.15, 0.2) is 54.9 Å². The number of piperazine rings is 1. The van der Waals surface area contributed by atoms with E-state index in [1.165, 1.54) is 4.90 Å². The van der Waals surface area contributed by atoms with Crippen LogP contribution in [0, 0.1) is 0 Å². The van der Waals surface area contributed by atoms with E-state index >= 15 is 0 Å². The monoisotopic (exact) mass is 267 g/mol. The molecule has 20 heavy (non-hydrogen) atoms. The minimum atomic E-state index is -0.651. The second kappa shape index (κ2) is 5.13. The summed E-state index contributed by atoms with van der Waals surface area (Å²) in [5.41, 5.74) is 1.41. The van der Waals surface area contributed by atoms with Crippen LogP contribution < -0.4 is 10.2 Å². The van der Waals surface area contributed by atoms with E-state index in [0.29, 0.717) is 5.69 Å². The number of anilines is 1. The third kappa shape index (κ3) is 2.14. The van der Waals surface area contributed by atoms with Crippen molar-refractivity contribution in [3.8, 4) is 0 Å². The van der Waals surface area contributed by atoms with Gasteiger partial charge in [-0.1, -0.05) is 30.3 Å². The first kappa shape index (κ1) is 12.3. The van der Waals surface area contributed by atoms with Gasteiger partial charge in [-0.15, -0.1) is 0 Å². The maximum atomic E-state index is 12.2. The van der Waals surface area contributed by atoms with Gasteiger partial charge in [0, 0.05) is 6.20 Å². The van der Waals surface area contributed by atoms with Gasteiger partial charge in [-0.05, 0) is 17.7 Å². The van der Waals surface area contributed by atoms with Crippen LogP contribution in [0.2, 0.25) is 0 Å². The maximum Gasteiger partial charge on any atom is 0.248 e. The van der Waals surface area contributed by atoms with Gasteiger partial charge in [0.15, 0.2) is 0 Å². The van der Waals surface area contributed by atoms with Gasteiger partial charge in [-0.3, -0.25) is 19.5 Å². The molecule has 0 saturated carbocycles. The van der Waals surface area contributed by atoms with Crippen LogP contribution in [0.4, 0.5) is 5.69 Å². The Kier molecular flexibility index (Phi) is 3.16. The fourth-order valence-electron chi connectivity index (χ4n) is 2.33. The standard InChI is InChI=1S/C15H13N3O2/c19-13-10-17-15(20)14(11-5-2-1-3-6-11)18(13)12-7-4-8-16-9-12/h1-9,14H,10H2,(H,17,20). The number of carbonyl (C=O) groups is 2. The van der Waals surface area contributed by atoms with Crippen molar-refractivity contribution in [3.63, 3.8) is 0 Å². The molecule has 1 atom stereocenters. The van der Waals surface area contributed by atoms with Gasteiger partial charge in [0.25, 0.3) is 0 Å². The highest BCUT2D eigenvalue weighted by Gasteiger charge is 2.36. The number of nitrogens with zero attached hydrogens (tertiary/aromatic N) is 2. The molecule has 1 aromatic heterocycles. The Morgan fingerprint density at radius 3 is 2.60 bits per heavy atom. The van der Waals surface area contributed by atoms with E-state index in [-0.39, 0.29) is 18.4 Å². The van der Waals surface area contributed by atoms with Gasteiger partial charge in [0.2, 0.25) is 11.8 Å². The summed E-state index contributed by atoms with van der Waals surface area (Å²) < 4.78 is 0. The number of rotatable bonds is 2. The van der Waals surface area contributed by atoms with E-state index in [1.807, 2.05) is 30.3 Å². The Morgan fingerprint density at radius 1 is 1.10 bits per heavy atom. The van der Waals surface area contributed by atoms with Gasteiger partial charge < -0.3 is 5.32 Å². The van der Waals surface area contributed by atoms with E-state index < -0.39 is 6.04 Å². The first-order chi connectivity index (χ1) is 9.77. The third-order valence-electron chi connectivity index (χ3n) is 3.23. The number of aromatic nitrogens is 1. The SMILES string of the molecule is O=C1NCC(=O)N(c2cccnc2)C1c1ccccc1. The lowest BCUT2D eigenvalue weighted by Gasteiger charge is -2.34. The number of hydrogen-bond acceptors (Lipinski definition) is 3. The molecule has 1 saturated heterocycles. The molecule has 5 heteroatoms. The summed E-state index contributed by atoms with van der Waals surface area (Å²) in [6, 6.07) is 12.1. The highest BCUT2D eigenvalue weighted by Crippen LogP contribution is 2.28. The summed E-state index contributed by atoms with van der Waals surface area (Å²) >= 11 is 0. The minimum absolute atomic E-state index is 0.0110. The molecule has 1 aromatic carbocycles. The average molecular weight is 267 g/mol. The van der Waals surface area contributed by atoms with E-state index in [0.717, 1.165) is 5.56 Å². The second-order valence-electron chi connectivity index (χ2n) is 4.51. The molecule has 100 valence electrons. The number of pyridine rings is 1. The molecule has 1 N–H and O–H groups in total. The predicted octanol–water partition coefficient (Wildman–Crippen LogP) is 1.29. The number of carbonyl (C=O) groups excluding carboxylic acids is 2. The lowest BCUT2D eigenvalue weighted by molar-refractivity contribution is -0.131. The van der Waals surface area contributed by atoms with Crippen molar-refractivity contribution >= 4 is 17.5 Å². The zero-order valence-electron chi connectivity index (χ0n) is 10.7. The lowest BCUT2D eigenvalue weighted by Crippen LogP contribution is -2.53. The van der Waals surface area contributed by atoms with Gasteiger partial charge >= 0.3 is 0 Å². The van der Waals surface area contributed by atoms with Crippen LogP contribution in [-0.2, 0) is 9.59 Å². The normalized spacial score (nSPS) is 18.8. The highest BCUT2D eigenvalue weighted by molar-refractivity contribution is 6.06. The van der Waals surface area contributed by atoms with Crippen molar-refractivity contribution in [2.24, 2.45) is 0 Å². The Hall–Kier alpha value is -2.69. The fraction of sp³-hybridized carbons (Fsp3) is 0.133. The number of amides is 2. The first-order valence-corrected chi connectivity index (χ1v) is 6.32. The third-order valence-corrected chi connectivity index (χ3v) is 3.23. The molecular formula is C15H13N3O2. The molecule has 1 aliphatic heterocycles. The summed E-state index contributed by atoms with van der Waals surface area (Å²) in [6.45, 7) is 0.0110. The molecule has 0 bridgehead atoms. The Balaban J connectivity index is 2.07. The smallest absolute Gasteiger partial charge is 0.248 e. The maximum absolute atomic E-state index is 12.2. The van der Waals surface area contributed by atoms with Crippen molar-refractivity contribution in [3.05, 3.63) is 60.4 Å². The summed E-state index contributed by atoms with van der Waals surface area (Å²) in [6.07, 6.45) is 3.22. The second-order valence-corrected chi connectivity index (χ2v) is 4.51.